The van der Waals surface area contributed by atoms with Gasteiger partial charge in [-0.2, -0.15) is 5.10 Å². The molecule has 0 aliphatic heterocycles. The molecular formula is C12H14BrN3O. The molecule has 0 amide bonds. The number of benzene rings is 1. The molecule has 0 spiro atoms. The van der Waals surface area contributed by atoms with Crippen LogP contribution in [0.5, 0.6) is 5.75 Å². The Morgan fingerprint density at radius 1 is 1.53 bits per heavy atom. The number of nitrogens with zero attached hydrogens (tertiary/aromatic N) is 2. The predicted molar refractivity (Wildman–Crippen MR) is 70.4 cm³/mol. The first-order chi connectivity index (χ1) is 8.15. The van der Waals surface area contributed by atoms with Gasteiger partial charge in [-0.1, -0.05) is 22.0 Å². The Bertz CT molecular complexity index is 496. The second-order valence-electron chi connectivity index (χ2n) is 3.89. The Balaban J connectivity index is 2.12. The van der Waals surface area contributed by atoms with Gasteiger partial charge in [0.05, 0.1) is 18.1 Å². The van der Waals surface area contributed by atoms with E-state index < -0.39 is 0 Å². The third kappa shape index (κ3) is 3.31. The maximum Gasteiger partial charge on any atom is 0.157 e. The standard InChI is InChI=1S/C12H14BrN3O/c1-9(14)8-17-12-6-15-16(7-12)11-4-2-3-10(13)5-11/h2-7,9H,8,14H2,1H3. The zero-order chi connectivity index (χ0) is 12.3. The third-order valence-electron chi connectivity index (χ3n) is 2.14. The molecule has 0 bridgehead atoms. The van der Waals surface area contributed by atoms with Crippen LogP contribution in [-0.2, 0) is 0 Å². The van der Waals surface area contributed by atoms with E-state index in [1.165, 1.54) is 0 Å². The molecule has 1 aromatic carbocycles. The van der Waals surface area contributed by atoms with Crippen LogP contribution in [0.15, 0.2) is 41.1 Å². The minimum absolute atomic E-state index is 0.0178. The van der Waals surface area contributed by atoms with E-state index in [0.29, 0.717) is 6.61 Å². The highest BCUT2D eigenvalue weighted by molar-refractivity contribution is 9.10. The Kier molecular flexibility index (Phi) is 3.81. The van der Waals surface area contributed by atoms with Crippen LogP contribution in [0.25, 0.3) is 5.69 Å². The molecule has 0 aliphatic rings. The average Bonchev–Trinajstić information content (AvgIpc) is 2.75. The van der Waals surface area contributed by atoms with Gasteiger partial charge in [-0.3, -0.25) is 0 Å². The monoisotopic (exact) mass is 295 g/mol. The summed E-state index contributed by atoms with van der Waals surface area (Å²) in [4.78, 5) is 0. The second-order valence-corrected chi connectivity index (χ2v) is 4.80. The number of nitrogens with two attached hydrogens (primary N) is 1. The molecule has 0 saturated heterocycles. The maximum absolute atomic E-state index is 5.62. The van der Waals surface area contributed by atoms with E-state index in [-0.39, 0.29) is 6.04 Å². The van der Waals surface area contributed by atoms with Gasteiger partial charge in [-0.15, -0.1) is 0 Å². The zero-order valence-corrected chi connectivity index (χ0v) is 11.1. The van der Waals surface area contributed by atoms with E-state index in [2.05, 4.69) is 21.0 Å². The summed E-state index contributed by atoms with van der Waals surface area (Å²) in [5, 5.41) is 4.24. The van der Waals surface area contributed by atoms with Crippen molar-refractivity contribution in [2.75, 3.05) is 6.61 Å². The maximum atomic E-state index is 5.62. The summed E-state index contributed by atoms with van der Waals surface area (Å²) in [7, 11) is 0. The molecule has 5 heteroatoms. The van der Waals surface area contributed by atoms with E-state index in [4.69, 9.17) is 10.5 Å². The van der Waals surface area contributed by atoms with Crippen molar-refractivity contribution >= 4 is 15.9 Å². The van der Waals surface area contributed by atoms with Gasteiger partial charge in [0.15, 0.2) is 5.75 Å². The normalized spacial score (nSPS) is 12.4. The van der Waals surface area contributed by atoms with E-state index in [9.17, 15) is 0 Å². The topological polar surface area (TPSA) is 53.1 Å². The van der Waals surface area contributed by atoms with Crippen molar-refractivity contribution in [2.24, 2.45) is 5.73 Å². The number of hydrogen-bond donors (Lipinski definition) is 1. The van der Waals surface area contributed by atoms with Gasteiger partial charge in [0, 0.05) is 10.5 Å². The van der Waals surface area contributed by atoms with Crippen molar-refractivity contribution in [3.05, 3.63) is 41.1 Å². The Labute approximate surface area is 109 Å². The molecule has 90 valence electrons. The summed E-state index contributed by atoms with van der Waals surface area (Å²) < 4.78 is 8.26. The average molecular weight is 296 g/mol. The quantitative estimate of drug-likeness (QED) is 0.942. The van der Waals surface area contributed by atoms with Gasteiger partial charge in [0.1, 0.15) is 6.61 Å². The molecule has 4 nitrogen and oxygen atoms in total. The second kappa shape index (κ2) is 5.33. The van der Waals surface area contributed by atoms with Crippen LogP contribution in [0.3, 0.4) is 0 Å². The van der Waals surface area contributed by atoms with Crippen molar-refractivity contribution in [3.8, 4) is 11.4 Å². The molecule has 1 unspecified atom stereocenters. The van der Waals surface area contributed by atoms with Gasteiger partial charge in [0.25, 0.3) is 0 Å². The Morgan fingerprint density at radius 2 is 2.35 bits per heavy atom. The minimum atomic E-state index is 0.0178. The highest BCUT2D eigenvalue weighted by Crippen LogP contribution is 2.17. The summed E-state index contributed by atoms with van der Waals surface area (Å²) in [5.74, 6) is 0.724. The largest absolute Gasteiger partial charge is 0.489 e. The fourth-order valence-electron chi connectivity index (χ4n) is 1.37. The van der Waals surface area contributed by atoms with Gasteiger partial charge in [-0.05, 0) is 25.1 Å². The molecule has 1 aromatic heterocycles. The smallest absolute Gasteiger partial charge is 0.157 e. The van der Waals surface area contributed by atoms with Gasteiger partial charge in [-0.25, -0.2) is 4.68 Å². The van der Waals surface area contributed by atoms with Crippen molar-refractivity contribution in [1.82, 2.24) is 9.78 Å². The van der Waals surface area contributed by atoms with Crippen LogP contribution in [0, 0.1) is 0 Å². The predicted octanol–water partition coefficient (Wildman–Crippen LogP) is 2.36. The Morgan fingerprint density at radius 3 is 3.06 bits per heavy atom. The van der Waals surface area contributed by atoms with E-state index in [0.717, 1.165) is 15.9 Å². The van der Waals surface area contributed by atoms with E-state index in [1.807, 2.05) is 37.4 Å². The SMILES string of the molecule is CC(N)COc1cnn(-c2cccc(Br)c2)c1. The van der Waals surface area contributed by atoms with Crippen LogP contribution in [0.1, 0.15) is 6.92 Å². The van der Waals surface area contributed by atoms with E-state index in [1.54, 1.807) is 10.9 Å². The number of rotatable bonds is 4. The molecule has 1 heterocycles. The fraction of sp³-hybridized carbons (Fsp3) is 0.250. The highest BCUT2D eigenvalue weighted by Gasteiger charge is 2.03. The van der Waals surface area contributed by atoms with Crippen molar-refractivity contribution in [1.29, 1.82) is 0 Å². The number of ether oxygens (including phenoxy) is 1. The van der Waals surface area contributed by atoms with Gasteiger partial charge in [0.2, 0.25) is 0 Å². The number of aromatic nitrogens is 2. The van der Waals surface area contributed by atoms with Gasteiger partial charge >= 0.3 is 0 Å². The number of halogens is 1. The molecule has 0 radical (unpaired) electrons. The first kappa shape index (κ1) is 12.1. The first-order valence-corrected chi connectivity index (χ1v) is 6.13. The molecule has 0 saturated carbocycles. The lowest BCUT2D eigenvalue weighted by Crippen LogP contribution is -2.23. The third-order valence-corrected chi connectivity index (χ3v) is 2.64. The summed E-state index contributed by atoms with van der Waals surface area (Å²) >= 11 is 3.43. The van der Waals surface area contributed by atoms with Crippen LogP contribution in [0.2, 0.25) is 0 Å². The molecule has 1 atom stereocenters. The molecule has 0 fully saturated rings. The van der Waals surface area contributed by atoms with Crippen molar-refractivity contribution in [3.63, 3.8) is 0 Å². The number of hydrogen-bond acceptors (Lipinski definition) is 3. The molecule has 2 aromatic rings. The van der Waals surface area contributed by atoms with Crippen LogP contribution in [0.4, 0.5) is 0 Å². The lowest BCUT2D eigenvalue weighted by molar-refractivity contribution is 0.296. The molecular weight excluding hydrogens is 282 g/mol. The molecule has 0 aliphatic carbocycles. The summed E-state index contributed by atoms with van der Waals surface area (Å²) in [6, 6.07) is 7.92. The summed E-state index contributed by atoms with van der Waals surface area (Å²) in [5.41, 5.74) is 6.60. The van der Waals surface area contributed by atoms with Crippen LogP contribution >= 0.6 is 15.9 Å². The summed E-state index contributed by atoms with van der Waals surface area (Å²) in [6.45, 7) is 2.39. The lowest BCUT2D eigenvalue weighted by Gasteiger charge is -2.05. The lowest BCUT2D eigenvalue weighted by atomic mass is 10.3. The zero-order valence-electron chi connectivity index (χ0n) is 9.51. The summed E-state index contributed by atoms with van der Waals surface area (Å²) in [6.07, 6.45) is 3.52. The molecule has 2 rings (SSSR count). The van der Waals surface area contributed by atoms with Crippen molar-refractivity contribution in [2.45, 2.75) is 13.0 Å². The van der Waals surface area contributed by atoms with Crippen LogP contribution < -0.4 is 10.5 Å². The van der Waals surface area contributed by atoms with E-state index >= 15 is 0 Å². The van der Waals surface area contributed by atoms with Crippen molar-refractivity contribution < 1.29 is 4.74 Å². The first-order valence-electron chi connectivity index (χ1n) is 5.34. The van der Waals surface area contributed by atoms with Gasteiger partial charge < -0.3 is 10.5 Å². The Hall–Kier alpha value is -1.33. The highest BCUT2D eigenvalue weighted by atomic mass is 79.9. The fourth-order valence-corrected chi connectivity index (χ4v) is 1.76. The minimum Gasteiger partial charge on any atom is -0.489 e. The molecule has 2 N–H and O–H groups in total. The molecule has 17 heavy (non-hydrogen) atoms. The van der Waals surface area contributed by atoms with Crippen LogP contribution in [-0.4, -0.2) is 22.4 Å².